The number of aromatic nitrogens is 1. The van der Waals surface area contributed by atoms with Crippen LogP contribution in [-0.4, -0.2) is 11.5 Å². The Kier molecular flexibility index (Phi) is 3.40. The van der Waals surface area contributed by atoms with Crippen LogP contribution in [0.25, 0.3) is 0 Å². The normalized spacial score (nSPS) is 16.0. The van der Waals surface area contributed by atoms with Crippen LogP contribution in [0.3, 0.4) is 0 Å². The topological polar surface area (TPSA) is 48.7 Å². The molecule has 2 rings (SSSR count). The second kappa shape index (κ2) is 4.98. The molecule has 1 aliphatic rings. The van der Waals surface area contributed by atoms with E-state index in [0.29, 0.717) is 5.56 Å². The summed E-state index contributed by atoms with van der Waals surface area (Å²) < 4.78 is 0. The van der Waals surface area contributed by atoms with E-state index in [4.69, 9.17) is 5.26 Å². The average Bonchev–Trinajstić information content (AvgIpc) is 2.79. The smallest absolute Gasteiger partial charge is 0.144 e. The van der Waals surface area contributed by atoms with Crippen molar-refractivity contribution < 1.29 is 0 Å². The van der Waals surface area contributed by atoms with Crippen LogP contribution in [0.2, 0.25) is 0 Å². The van der Waals surface area contributed by atoms with Gasteiger partial charge in [-0.25, -0.2) is 4.98 Å². The monoisotopic (exact) mass is 215 g/mol. The van der Waals surface area contributed by atoms with Crippen LogP contribution in [0.1, 0.15) is 36.9 Å². The molecule has 84 valence electrons. The Balaban J connectivity index is 2.02. The molecule has 0 bridgehead atoms. The summed E-state index contributed by atoms with van der Waals surface area (Å²) in [7, 11) is 0. The first kappa shape index (κ1) is 10.9. The van der Waals surface area contributed by atoms with Gasteiger partial charge < -0.3 is 5.32 Å². The number of hydrogen-bond acceptors (Lipinski definition) is 3. The number of aryl methyl sites for hydroxylation is 1. The fourth-order valence-corrected chi connectivity index (χ4v) is 2.24. The van der Waals surface area contributed by atoms with E-state index in [-0.39, 0.29) is 0 Å². The van der Waals surface area contributed by atoms with Gasteiger partial charge in [-0.3, -0.25) is 0 Å². The van der Waals surface area contributed by atoms with Crippen LogP contribution in [-0.2, 0) is 0 Å². The minimum Gasteiger partial charge on any atom is -0.369 e. The quantitative estimate of drug-likeness (QED) is 0.843. The van der Waals surface area contributed by atoms with Crippen molar-refractivity contribution in [3.05, 3.63) is 23.4 Å². The lowest BCUT2D eigenvalue weighted by molar-refractivity contribution is 0.579. The molecule has 1 N–H and O–H groups in total. The Hall–Kier alpha value is -1.56. The third-order valence-corrected chi connectivity index (χ3v) is 3.19. The van der Waals surface area contributed by atoms with E-state index in [1.807, 2.05) is 19.1 Å². The molecule has 1 saturated carbocycles. The van der Waals surface area contributed by atoms with Crippen molar-refractivity contribution in [2.45, 2.75) is 32.6 Å². The molecule has 3 heteroatoms. The van der Waals surface area contributed by atoms with Gasteiger partial charge in [0.05, 0.1) is 5.56 Å². The van der Waals surface area contributed by atoms with Crippen LogP contribution < -0.4 is 5.32 Å². The van der Waals surface area contributed by atoms with Crippen LogP contribution >= 0.6 is 0 Å². The summed E-state index contributed by atoms with van der Waals surface area (Å²) >= 11 is 0. The van der Waals surface area contributed by atoms with Gasteiger partial charge in [0.25, 0.3) is 0 Å². The second-order valence-corrected chi connectivity index (χ2v) is 4.49. The van der Waals surface area contributed by atoms with E-state index >= 15 is 0 Å². The van der Waals surface area contributed by atoms with Gasteiger partial charge in [0.1, 0.15) is 11.9 Å². The van der Waals surface area contributed by atoms with E-state index in [0.717, 1.165) is 24.0 Å². The van der Waals surface area contributed by atoms with Crippen LogP contribution in [0.15, 0.2) is 12.1 Å². The Bertz CT molecular complexity index is 400. The highest BCUT2D eigenvalue weighted by atomic mass is 15.0. The maximum atomic E-state index is 8.97. The number of anilines is 1. The minimum absolute atomic E-state index is 0.642. The molecule has 0 saturated heterocycles. The number of nitrogens with zero attached hydrogens (tertiary/aromatic N) is 2. The highest BCUT2D eigenvalue weighted by Gasteiger charge is 2.15. The van der Waals surface area contributed by atoms with Gasteiger partial charge in [-0.2, -0.15) is 5.26 Å². The molecule has 0 spiro atoms. The SMILES string of the molecule is Cc1ccc(C#N)c(NCC2CCCC2)n1. The zero-order valence-electron chi connectivity index (χ0n) is 9.66. The van der Waals surface area contributed by atoms with Gasteiger partial charge in [0, 0.05) is 12.2 Å². The molecule has 16 heavy (non-hydrogen) atoms. The fourth-order valence-electron chi connectivity index (χ4n) is 2.24. The first-order valence-electron chi connectivity index (χ1n) is 5.91. The Morgan fingerprint density at radius 1 is 1.44 bits per heavy atom. The third kappa shape index (κ3) is 2.52. The van der Waals surface area contributed by atoms with Crippen molar-refractivity contribution >= 4 is 5.82 Å². The lowest BCUT2D eigenvalue weighted by Crippen LogP contribution is -2.13. The van der Waals surface area contributed by atoms with Crippen molar-refractivity contribution in [2.75, 3.05) is 11.9 Å². The molecule has 1 heterocycles. The lowest BCUT2D eigenvalue weighted by Gasteiger charge is -2.12. The Labute approximate surface area is 96.5 Å². The van der Waals surface area contributed by atoms with Crippen molar-refractivity contribution in [3.8, 4) is 6.07 Å². The molecule has 1 fully saturated rings. The van der Waals surface area contributed by atoms with E-state index in [9.17, 15) is 0 Å². The van der Waals surface area contributed by atoms with Crippen molar-refractivity contribution in [2.24, 2.45) is 5.92 Å². The first-order chi connectivity index (χ1) is 7.79. The zero-order valence-corrected chi connectivity index (χ0v) is 9.66. The van der Waals surface area contributed by atoms with E-state index in [1.165, 1.54) is 25.7 Å². The summed E-state index contributed by atoms with van der Waals surface area (Å²) in [5.74, 6) is 1.50. The molecule has 1 aromatic rings. The molecule has 0 amide bonds. The third-order valence-electron chi connectivity index (χ3n) is 3.19. The van der Waals surface area contributed by atoms with Gasteiger partial charge in [0.15, 0.2) is 0 Å². The largest absolute Gasteiger partial charge is 0.369 e. The number of pyridine rings is 1. The number of rotatable bonds is 3. The molecule has 1 aromatic heterocycles. The molecule has 1 aliphatic carbocycles. The summed E-state index contributed by atoms with van der Waals surface area (Å²) in [6, 6.07) is 5.88. The molecule has 0 aromatic carbocycles. The van der Waals surface area contributed by atoms with Crippen molar-refractivity contribution in [1.29, 1.82) is 5.26 Å². The lowest BCUT2D eigenvalue weighted by atomic mass is 10.1. The standard InChI is InChI=1S/C13H17N3/c1-10-6-7-12(8-14)13(16-10)15-9-11-4-2-3-5-11/h6-7,11H,2-5,9H2,1H3,(H,15,16). The second-order valence-electron chi connectivity index (χ2n) is 4.49. The van der Waals surface area contributed by atoms with Crippen LogP contribution in [0.5, 0.6) is 0 Å². The van der Waals surface area contributed by atoms with Crippen molar-refractivity contribution in [1.82, 2.24) is 4.98 Å². The van der Waals surface area contributed by atoms with Crippen molar-refractivity contribution in [3.63, 3.8) is 0 Å². The zero-order chi connectivity index (χ0) is 11.4. The highest BCUT2D eigenvalue weighted by molar-refractivity contribution is 5.52. The molecule has 0 unspecified atom stereocenters. The summed E-state index contributed by atoms with van der Waals surface area (Å²) in [5.41, 5.74) is 1.59. The van der Waals surface area contributed by atoms with E-state index < -0.39 is 0 Å². The minimum atomic E-state index is 0.642. The number of nitrogens with one attached hydrogen (secondary N) is 1. The fraction of sp³-hybridized carbons (Fsp3) is 0.538. The highest BCUT2D eigenvalue weighted by Crippen LogP contribution is 2.25. The summed E-state index contributed by atoms with van der Waals surface area (Å²) in [4.78, 5) is 4.37. The van der Waals surface area contributed by atoms with E-state index in [2.05, 4.69) is 16.4 Å². The molecular weight excluding hydrogens is 198 g/mol. The van der Waals surface area contributed by atoms with E-state index in [1.54, 1.807) is 0 Å². The molecule has 0 atom stereocenters. The van der Waals surface area contributed by atoms with Crippen LogP contribution in [0.4, 0.5) is 5.82 Å². The molecule has 0 radical (unpaired) electrons. The summed E-state index contributed by atoms with van der Waals surface area (Å²) in [6.45, 7) is 2.90. The Morgan fingerprint density at radius 2 is 2.19 bits per heavy atom. The Morgan fingerprint density at radius 3 is 2.88 bits per heavy atom. The predicted molar refractivity (Wildman–Crippen MR) is 64.1 cm³/mol. The van der Waals surface area contributed by atoms with Gasteiger partial charge in [-0.1, -0.05) is 12.8 Å². The molecule has 3 nitrogen and oxygen atoms in total. The summed E-state index contributed by atoms with van der Waals surface area (Å²) in [6.07, 6.45) is 5.30. The first-order valence-corrected chi connectivity index (χ1v) is 5.91. The maximum Gasteiger partial charge on any atom is 0.144 e. The summed E-state index contributed by atoms with van der Waals surface area (Å²) in [5, 5.41) is 12.3. The van der Waals surface area contributed by atoms with Gasteiger partial charge in [0.2, 0.25) is 0 Å². The van der Waals surface area contributed by atoms with Crippen LogP contribution in [0, 0.1) is 24.2 Å². The molecular formula is C13H17N3. The maximum absolute atomic E-state index is 8.97. The van der Waals surface area contributed by atoms with Gasteiger partial charge in [-0.15, -0.1) is 0 Å². The van der Waals surface area contributed by atoms with Gasteiger partial charge >= 0.3 is 0 Å². The molecule has 0 aliphatic heterocycles. The predicted octanol–water partition coefficient (Wildman–Crippen LogP) is 2.86. The number of nitriles is 1. The average molecular weight is 215 g/mol. The van der Waals surface area contributed by atoms with Gasteiger partial charge in [-0.05, 0) is 37.8 Å². The number of hydrogen-bond donors (Lipinski definition) is 1.